The molecule has 1 aliphatic rings. The zero-order valence-corrected chi connectivity index (χ0v) is 17.7. The number of carbonyl (C=O) groups is 1. The largest absolute Gasteiger partial charge is 0.294 e. The quantitative estimate of drug-likeness (QED) is 0.563. The monoisotopic (exact) mass is 407 g/mol. The molecular weight excluding hydrogens is 382 g/mol. The lowest BCUT2D eigenvalue weighted by molar-refractivity contribution is 0.0869. The number of piperidine rings is 1. The van der Waals surface area contributed by atoms with Crippen molar-refractivity contribution in [3.8, 4) is 0 Å². The van der Waals surface area contributed by atoms with E-state index in [4.69, 9.17) is 0 Å². The van der Waals surface area contributed by atoms with Crippen molar-refractivity contribution in [1.29, 1.82) is 0 Å². The van der Waals surface area contributed by atoms with Crippen molar-refractivity contribution >= 4 is 27.6 Å². The molecule has 6 nitrogen and oxygen atoms in total. The third kappa shape index (κ3) is 3.70. The van der Waals surface area contributed by atoms with Gasteiger partial charge >= 0.3 is 0 Å². The number of carbonyl (C=O) groups excluding carboxylic acids is 1. The average Bonchev–Trinajstić information content (AvgIpc) is 2.93. The van der Waals surface area contributed by atoms with Gasteiger partial charge in [0, 0.05) is 36.5 Å². The van der Waals surface area contributed by atoms with E-state index < -0.39 is 10.0 Å². The second-order valence-corrected chi connectivity index (χ2v) is 9.61. The van der Waals surface area contributed by atoms with Gasteiger partial charge < -0.3 is 0 Å². The molecule has 1 fully saturated rings. The van der Waals surface area contributed by atoms with E-state index >= 15 is 0 Å². The van der Waals surface area contributed by atoms with E-state index in [1.54, 1.807) is 25.6 Å². The Labute approximate surface area is 165 Å². The summed E-state index contributed by atoms with van der Waals surface area (Å²) in [5, 5.41) is 4.24. The summed E-state index contributed by atoms with van der Waals surface area (Å²) in [5.41, 5.74) is 1.80. The van der Waals surface area contributed by atoms with Crippen LogP contribution in [0, 0.1) is 19.8 Å². The Morgan fingerprint density at radius 2 is 1.96 bits per heavy atom. The minimum atomic E-state index is -3.67. The van der Waals surface area contributed by atoms with Crippen molar-refractivity contribution in [2.45, 2.75) is 36.5 Å². The van der Waals surface area contributed by atoms with Gasteiger partial charge in [0.15, 0.2) is 5.78 Å². The molecule has 0 saturated carbocycles. The molecule has 0 N–H and O–H groups in total. The minimum absolute atomic E-state index is 0.0273. The van der Waals surface area contributed by atoms with Gasteiger partial charge in [-0.3, -0.25) is 9.48 Å². The van der Waals surface area contributed by atoms with E-state index in [1.807, 2.05) is 30.5 Å². The maximum Gasteiger partial charge on any atom is 0.246 e. The van der Waals surface area contributed by atoms with Crippen LogP contribution in [0.1, 0.15) is 34.6 Å². The lowest BCUT2D eigenvalue weighted by Gasteiger charge is -2.31. The van der Waals surface area contributed by atoms with Gasteiger partial charge in [0.25, 0.3) is 0 Å². The summed E-state index contributed by atoms with van der Waals surface area (Å²) >= 11 is 1.53. The SMILES string of the molecule is CSc1ccccc1C(=O)C1CCCN(S(=O)(=O)c2c(C)nn(C)c2C)C1. The van der Waals surface area contributed by atoms with Crippen molar-refractivity contribution in [2.24, 2.45) is 13.0 Å². The van der Waals surface area contributed by atoms with E-state index in [1.165, 1.54) is 16.1 Å². The Balaban J connectivity index is 1.89. The third-order valence-electron chi connectivity index (χ3n) is 5.17. The summed E-state index contributed by atoms with van der Waals surface area (Å²) in [6, 6.07) is 7.52. The number of nitrogens with zero attached hydrogens (tertiary/aromatic N) is 3. The van der Waals surface area contributed by atoms with Crippen molar-refractivity contribution in [1.82, 2.24) is 14.1 Å². The minimum Gasteiger partial charge on any atom is -0.294 e. The normalized spacial score (nSPS) is 18.6. The second-order valence-electron chi connectivity index (χ2n) is 6.89. The molecular formula is C19H25N3O3S2. The van der Waals surface area contributed by atoms with Gasteiger partial charge in [0.2, 0.25) is 10.0 Å². The summed E-state index contributed by atoms with van der Waals surface area (Å²) in [7, 11) is -1.93. The van der Waals surface area contributed by atoms with E-state index in [0.717, 1.165) is 4.90 Å². The number of Topliss-reactive ketones (excluding diaryl/α,β-unsaturated/α-hetero) is 1. The smallest absolute Gasteiger partial charge is 0.246 e. The van der Waals surface area contributed by atoms with Gasteiger partial charge in [0.1, 0.15) is 4.90 Å². The molecule has 146 valence electrons. The maximum absolute atomic E-state index is 13.2. The first-order valence-corrected chi connectivity index (χ1v) is 11.6. The predicted octanol–water partition coefficient (Wildman–Crippen LogP) is 3.04. The Morgan fingerprint density at radius 1 is 1.26 bits per heavy atom. The van der Waals surface area contributed by atoms with Gasteiger partial charge in [-0.15, -0.1) is 11.8 Å². The van der Waals surface area contributed by atoms with Crippen LogP contribution in [0.25, 0.3) is 0 Å². The zero-order chi connectivity index (χ0) is 19.8. The molecule has 0 aliphatic carbocycles. The molecule has 1 atom stereocenters. The molecule has 1 aromatic heterocycles. The van der Waals surface area contributed by atoms with Gasteiger partial charge in [-0.05, 0) is 39.0 Å². The fourth-order valence-electron chi connectivity index (χ4n) is 3.70. The van der Waals surface area contributed by atoms with Gasteiger partial charge in [-0.25, -0.2) is 8.42 Å². The first-order valence-electron chi connectivity index (χ1n) is 8.95. The Hall–Kier alpha value is -1.64. The molecule has 0 bridgehead atoms. The summed E-state index contributed by atoms with van der Waals surface area (Å²) < 4.78 is 29.5. The fourth-order valence-corrected chi connectivity index (χ4v) is 6.23. The van der Waals surface area contributed by atoms with Crippen LogP contribution in [0.2, 0.25) is 0 Å². The molecule has 0 spiro atoms. The van der Waals surface area contributed by atoms with Gasteiger partial charge in [0.05, 0.1) is 11.4 Å². The molecule has 2 heterocycles. The number of thioether (sulfide) groups is 1. The Bertz CT molecular complexity index is 967. The molecule has 27 heavy (non-hydrogen) atoms. The van der Waals surface area contributed by atoms with Crippen LogP contribution >= 0.6 is 11.8 Å². The highest BCUT2D eigenvalue weighted by molar-refractivity contribution is 7.98. The number of rotatable bonds is 5. The van der Waals surface area contributed by atoms with Crippen LogP contribution < -0.4 is 0 Å². The zero-order valence-electron chi connectivity index (χ0n) is 16.1. The highest BCUT2D eigenvalue weighted by atomic mass is 32.2. The van der Waals surface area contributed by atoms with Crippen LogP contribution in [0.3, 0.4) is 0 Å². The van der Waals surface area contributed by atoms with Crippen molar-refractivity contribution in [2.75, 3.05) is 19.3 Å². The summed E-state index contributed by atoms with van der Waals surface area (Å²) in [6.45, 7) is 4.12. The molecule has 1 unspecified atom stereocenters. The first-order chi connectivity index (χ1) is 12.8. The molecule has 3 rings (SSSR count). The van der Waals surface area contributed by atoms with E-state index in [9.17, 15) is 13.2 Å². The standard InChI is InChI=1S/C19H25N3O3S2/c1-13-19(14(2)21(3)20-13)27(24,25)22-11-7-8-15(12-22)18(23)16-9-5-6-10-17(16)26-4/h5-6,9-10,15H,7-8,11-12H2,1-4H3. The van der Waals surface area contributed by atoms with Crippen molar-refractivity contribution in [3.05, 3.63) is 41.2 Å². The second kappa shape index (κ2) is 7.77. The molecule has 8 heteroatoms. The lowest BCUT2D eigenvalue weighted by Crippen LogP contribution is -2.42. The van der Waals surface area contributed by atoms with Crippen molar-refractivity contribution in [3.63, 3.8) is 0 Å². The molecule has 0 radical (unpaired) electrons. The number of hydrogen-bond donors (Lipinski definition) is 0. The Kier molecular flexibility index (Phi) is 5.79. The number of sulfonamides is 1. The topological polar surface area (TPSA) is 72.3 Å². The number of aryl methyl sites for hydroxylation is 2. The molecule has 1 aromatic carbocycles. The average molecular weight is 408 g/mol. The highest BCUT2D eigenvalue weighted by Crippen LogP contribution is 2.30. The summed E-state index contributed by atoms with van der Waals surface area (Å²) in [5.74, 6) is -0.293. The van der Waals surface area contributed by atoms with E-state index in [2.05, 4.69) is 5.10 Å². The highest BCUT2D eigenvalue weighted by Gasteiger charge is 2.36. The molecule has 2 aromatic rings. The maximum atomic E-state index is 13.2. The fraction of sp³-hybridized carbons (Fsp3) is 0.474. The van der Waals surface area contributed by atoms with Gasteiger partial charge in [-0.1, -0.05) is 18.2 Å². The van der Waals surface area contributed by atoms with Crippen LogP contribution in [-0.4, -0.2) is 47.6 Å². The van der Waals surface area contributed by atoms with Crippen molar-refractivity contribution < 1.29 is 13.2 Å². The van der Waals surface area contributed by atoms with E-state index in [-0.39, 0.29) is 23.1 Å². The number of ketones is 1. The molecule has 1 saturated heterocycles. The number of benzene rings is 1. The molecule has 0 amide bonds. The Morgan fingerprint density at radius 3 is 2.59 bits per heavy atom. The number of aromatic nitrogens is 2. The summed E-state index contributed by atoms with van der Waals surface area (Å²) in [4.78, 5) is 14.3. The van der Waals surface area contributed by atoms with Crippen LogP contribution in [0.15, 0.2) is 34.1 Å². The summed E-state index contributed by atoms with van der Waals surface area (Å²) in [6.07, 6.45) is 3.33. The number of hydrogen-bond acceptors (Lipinski definition) is 5. The first kappa shape index (κ1) is 20.1. The van der Waals surface area contributed by atoms with Crippen LogP contribution in [-0.2, 0) is 17.1 Å². The van der Waals surface area contributed by atoms with Gasteiger partial charge in [-0.2, -0.15) is 9.40 Å². The molecule has 1 aliphatic heterocycles. The lowest BCUT2D eigenvalue weighted by atomic mass is 9.91. The third-order valence-corrected chi connectivity index (χ3v) is 8.08. The predicted molar refractivity (Wildman–Crippen MR) is 107 cm³/mol. The van der Waals surface area contributed by atoms with Crippen LogP contribution in [0.5, 0.6) is 0 Å². The van der Waals surface area contributed by atoms with E-state index in [0.29, 0.717) is 36.3 Å². The van der Waals surface area contributed by atoms with Crippen LogP contribution in [0.4, 0.5) is 0 Å².